The second-order valence-corrected chi connectivity index (χ2v) is 8.62. The highest BCUT2D eigenvalue weighted by Crippen LogP contribution is 2.17. The molecule has 1 heterocycles. The lowest BCUT2D eigenvalue weighted by Crippen LogP contribution is -2.17. The third-order valence-corrected chi connectivity index (χ3v) is 4.93. The van der Waals surface area contributed by atoms with Gasteiger partial charge in [0.15, 0.2) is 0 Å². The summed E-state index contributed by atoms with van der Waals surface area (Å²) in [5.74, 6) is 0.127. The van der Waals surface area contributed by atoms with Crippen molar-refractivity contribution in [1.82, 2.24) is 15.0 Å². The van der Waals surface area contributed by atoms with Gasteiger partial charge in [0.2, 0.25) is 11.9 Å². The highest BCUT2D eigenvalue weighted by atomic mass is 32.2. The predicted octanol–water partition coefficient (Wildman–Crippen LogP) is 0.0529. The number of hydrogen-bond acceptors (Lipinski definition) is 10. The number of rotatable bonds is 10. The van der Waals surface area contributed by atoms with Crippen LogP contribution in [0.2, 0.25) is 0 Å². The van der Waals surface area contributed by atoms with E-state index in [1.165, 1.54) is 24.3 Å². The van der Waals surface area contributed by atoms with E-state index in [9.17, 15) is 16.8 Å². The van der Waals surface area contributed by atoms with E-state index < -0.39 is 26.0 Å². The maximum atomic E-state index is 11.1. The summed E-state index contributed by atoms with van der Waals surface area (Å²) in [4.78, 5) is 12.2. The van der Waals surface area contributed by atoms with Crippen LogP contribution in [-0.2, 0) is 26.7 Å². The first-order chi connectivity index (χ1) is 13.1. The molecule has 28 heavy (non-hydrogen) atoms. The average Bonchev–Trinajstić information content (AvgIpc) is 2.58. The number of hydrogen-bond donors (Lipinski definition) is 5. The molecular weight excluding hydrogens is 412 g/mol. The van der Waals surface area contributed by atoms with Crippen molar-refractivity contribution in [2.45, 2.75) is 17.7 Å². The largest absolute Gasteiger partial charge is 0.353 e. The molecule has 1 aromatic carbocycles. The van der Waals surface area contributed by atoms with Crippen molar-refractivity contribution in [3.05, 3.63) is 30.1 Å². The SMILES string of the molecule is NCCCc1nc(NCCS(=O)(=O)O)nc(Nc2ccc(S(=O)(=O)O)cc2)n1. The Morgan fingerprint density at radius 2 is 1.61 bits per heavy atom. The molecule has 14 heteroatoms. The van der Waals surface area contributed by atoms with E-state index in [-0.39, 0.29) is 23.3 Å². The Balaban J connectivity index is 2.20. The van der Waals surface area contributed by atoms with Gasteiger partial charge in [-0.3, -0.25) is 9.11 Å². The number of nitrogens with one attached hydrogen (secondary N) is 2. The van der Waals surface area contributed by atoms with E-state index in [0.717, 1.165) is 0 Å². The van der Waals surface area contributed by atoms with Gasteiger partial charge in [0.1, 0.15) is 5.82 Å². The van der Waals surface area contributed by atoms with Crippen LogP contribution < -0.4 is 16.4 Å². The van der Waals surface area contributed by atoms with Crippen LogP contribution in [0.1, 0.15) is 12.2 Å². The monoisotopic (exact) mass is 432 g/mol. The lowest BCUT2D eigenvalue weighted by molar-refractivity contribution is 0.481. The van der Waals surface area contributed by atoms with E-state index in [1.807, 2.05) is 0 Å². The van der Waals surface area contributed by atoms with Gasteiger partial charge in [-0.2, -0.15) is 31.8 Å². The fraction of sp³-hybridized carbons (Fsp3) is 0.357. The Bertz CT molecular complexity index is 1010. The van der Waals surface area contributed by atoms with E-state index in [2.05, 4.69) is 25.6 Å². The van der Waals surface area contributed by atoms with E-state index in [0.29, 0.717) is 30.9 Å². The molecule has 2 aromatic rings. The van der Waals surface area contributed by atoms with Gasteiger partial charge < -0.3 is 16.4 Å². The predicted molar refractivity (Wildman–Crippen MR) is 102 cm³/mol. The second-order valence-electron chi connectivity index (χ2n) is 5.63. The lowest BCUT2D eigenvalue weighted by atomic mass is 10.3. The van der Waals surface area contributed by atoms with Crippen molar-refractivity contribution >= 4 is 37.8 Å². The summed E-state index contributed by atoms with van der Waals surface area (Å²) in [6, 6.07) is 5.24. The molecule has 0 radical (unpaired) electrons. The van der Waals surface area contributed by atoms with Crippen molar-refractivity contribution in [3.63, 3.8) is 0 Å². The van der Waals surface area contributed by atoms with E-state index >= 15 is 0 Å². The molecule has 0 spiro atoms. The van der Waals surface area contributed by atoms with Gasteiger partial charge in [0, 0.05) is 18.7 Å². The zero-order valence-electron chi connectivity index (χ0n) is 14.6. The Morgan fingerprint density at radius 3 is 2.18 bits per heavy atom. The maximum absolute atomic E-state index is 11.1. The topological polar surface area (TPSA) is 197 Å². The van der Waals surface area contributed by atoms with Crippen LogP contribution in [0.25, 0.3) is 0 Å². The molecule has 0 unspecified atom stereocenters. The van der Waals surface area contributed by atoms with Gasteiger partial charge >= 0.3 is 0 Å². The minimum absolute atomic E-state index is 0.0997. The summed E-state index contributed by atoms with van der Waals surface area (Å²) in [7, 11) is -8.43. The van der Waals surface area contributed by atoms with Crippen LogP contribution in [0, 0.1) is 0 Å². The molecule has 0 fully saturated rings. The Labute approximate surface area is 162 Å². The van der Waals surface area contributed by atoms with E-state index in [4.69, 9.17) is 14.8 Å². The van der Waals surface area contributed by atoms with Gasteiger partial charge in [-0.15, -0.1) is 0 Å². The summed E-state index contributed by atoms with van der Waals surface area (Å²) >= 11 is 0. The van der Waals surface area contributed by atoms with Gasteiger partial charge in [-0.1, -0.05) is 0 Å². The average molecular weight is 432 g/mol. The quantitative estimate of drug-likeness (QED) is 0.317. The van der Waals surface area contributed by atoms with E-state index in [1.54, 1.807) is 0 Å². The van der Waals surface area contributed by atoms with Crippen molar-refractivity contribution in [2.24, 2.45) is 5.73 Å². The van der Waals surface area contributed by atoms with Crippen LogP contribution in [0.4, 0.5) is 17.6 Å². The molecule has 154 valence electrons. The Kier molecular flexibility index (Phi) is 7.20. The van der Waals surface area contributed by atoms with Crippen molar-refractivity contribution < 1.29 is 25.9 Å². The third kappa shape index (κ3) is 7.32. The summed E-state index contributed by atoms with van der Waals surface area (Å²) in [6.07, 6.45) is 1.08. The zero-order valence-corrected chi connectivity index (χ0v) is 16.2. The molecule has 6 N–H and O–H groups in total. The summed E-state index contributed by atoms with van der Waals surface area (Å²) < 4.78 is 61.6. The highest BCUT2D eigenvalue weighted by molar-refractivity contribution is 7.86. The summed E-state index contributed by atoms with van der Waals surface area (Å²) in [5, 5.41) is 5.56. The molecule has 0 bridgehead atoms. The van der Waals surface area contributed by atoms with Crippen molar-refractivity contribution in [3.8, 4) is 0 Å². The van der Waals surface area contributed by atoms with Gasteiger partial charge in [-0.05, 0) is 37.2 Å². The van der Waals surface area contributed by atoms with Gasteiger partial charge in [0.25, 0.3) is 20.2 Å². The highest BCUT2D eigenvalue weighted by Gasteiger charge is 2.11. The number of benzene rings is 1. The number of nitrogens with zero attached hydrogens (tertiary/aromatic N) is 3. The number of anilines is 3. The molecule has 0 amide bonds. The molecule has 0 saturated heterocycles. The molecule has 0 aliphatic rings. The van der Waals surface area contributed by atoms with Crippen LogP contribution in [0.15, 0.2) is 29.2 Å². The summed E-state index contributed by atoms with van der Waals surface area (Å²) in [5.41, 5.74) is 5.94. The fourth-order valence-electron chi connectivity index (χ4n) is 2.06. The van der Waals surface area contributed by atoms with Crippen LogP contribution in [0.5, 0.6) is 0 Å². The molecular formula is C14H20N6O6S2. The smallest absolute Gasteiger partial charge is 0.294 e. The van der Waals surface area contributed by atoms with Gasteiger partial charge in [0.05, 0.1) is 10.6 Å². The molecule has 0 aliphatic heterocycles. The molecule has 0 aliphatic carbocycles. The Hall–Kier alpha value is -2.39. The summed E-state index contributed by atoms with van der Waals surface area (Å²) in [6.45, 7) is 0.318. The van der Waals surface area contributed by atoms with Crippen LogP contribution >= 0.6 is 0 Å². The first kappa shape index (κ1) is 21.9. The molecule has 12 nitrogen and oxygen atoms in total. The van der Waals surface area contributed by atoms with Crippen LogP contribution in [0.3, 0.4) is 0 Å². The molecule has 0 atom stereocenters. The fourth-order valence-corrected chi connectivity index (χ4v) is 2.90. The molecule has 1 aromatic heterocycles. The lowest BCUT2D eigenvalue weighted by Gasteiger charge is -2.10. The second kappa shape index (κ2) is 9.20. The minimum atomic E-state index is -4.30. The van der Waals surface area contributed by atoms with Crippen LogP contribution in [-0.4, -0.2) is 59.7 Å². The molecule has 0 saturated carbocycles. The first-order valence-corrected chi connectivity index (χ1v) is 11.1. The minimum Gasteiger partial charge on any atom is -0.353 e. The standard InChI is InChI=1S/C14H20N6O6S2/c15-7-1-2-12-18-13(16-8-9-27(21,22)23)20-14(19-12)17-10-3-5-11(6-4-10)28(24,25)26/h3-6H,1-2,7-9,15H2,(H,21,22,23)(H,24,25,26)(H2,16,17,18,19,20). The third-order valence-electron chi connectivity index (χ3n) is 3.34. The normalized spacial score (nSPS) is 12.0. The molecule has 2 rings (SSSR count). The first-order valence-electron chi connectivity index (χ1n) is 8.05. The van der Waals surface area contributed by atoms with Crippen molar-refractivity contribution in [2.75, 3.05) is 29.5 Å². The zero-order chi connectivity index (χ0) is 20.8. The number of nitrogens with two attached hydrogens (primary N) is 1. The maximum Gasteiger partial charge on any atom is 0.294 e. The van der Waals surface area contributed by atoms with Crippen molar-refractivity contribution in [1.29, 1.82) is 0 Å². The number of aryl methyl sites for hydroxylation is 1. The van der Waals surface area contributed by atoms with Gasteiger partial charge in [-0.25, -0.2) is 0 Å². The number of aromatic nitrogens is 3. The Morgan fingerprint density at radius 1 is 0.964 bits per heavy atom.